The zero-order valence-corrected chi connectivity index (χ0v) is 9.23. The third-order valence-electron chi connectivity index (χ3n) is 2.01. The van der Waals surface area contributed by atoms with Gasteiger partial charge in [-0.25, -0.2) is 0 Å². The van der Waals surface area contributed by atoms with Crippen LogP contribution in [0.2, 0.25) is 0 Å². The Balaban J connectivity index is 2.47. The molecule has 7 nitrogen and oxygen atoms in total. The van der Waals surface area contributed by atoms with Crippen molar-refractivity contribution in [3.05, 3.63) is 33.7 Å². The maximum Gasteiger partial charge on any atom is 0.267 e. The van der Waals surface area contributed by atoms with Gasteiger partial charge in [0.15, 0.2) is 0 Å². The van der Waals surface area contributed by atoms with E-state index in [1.165, 1.54) is 13.2 Å². The molecule has 0 aromatic heterocycles. The Morgan fingerprint density at radius 1 is 1.69 bits per heavy atom. The van der Waals surface area contributed by atoms with Crippen LogP contribution in [0, 0.1) is 16.0 Å². The summed E-state index contributed by atoms with van der Waals surface area (Å²) in [7, 11) is 1.47. The fraction of sp³-hybridized carbons (Fsp3) is 0.556. The van der Waals surface area contributed by atoms with Crippen molar-refractivity contribution >= 4 is 0 Å². The molecule has 1 unspecified atom stereocenters. The van der Waals surface area contributed by atoms with Crippen LogP contribution in [-0.2, 0) is 9.68 Å². The van der Waals surface area contributed by atoms with E-state index in [0.717, 1.165) is 0 Å². The van der Waals surface area contributed by atoms with Crippen LogP contribution in [0.15, 0.2) is 23.5 Å². The van der Waals surface area contributed by atoms with Crippen molar-refractivity contribution in [2.24, 2.45) is 5.92 Å². The molecular weight excluding hydrogens is 214 g/mol. The highest BCUT2D eigenvalue weighted by molar-refractivity contribution is 5.22. The molecule has 0 spiro atoms. The third kappa shape index (κ3) is 3.97. The Morgan fingerprint density at radius 3 is 3.06 bits per heavy atom. The van der Waals surface area contributed by atoms with Crippen LogP contribution >= 0.6 is 0 Å². The average molecular weight is 229 g/mol. The Kier molecular flexibility index (Phi) is 4.90. The van der Waals surface area contributed by atoms with Gasteiger partial charge < -0.3 is 4.84 Å². The zero-order chi connectivity index (χ0) is 12.0. The van der Waals surface area contributed by atoms with Crippen LogP contribution in [0.25, 0.3) is 0 Å². The quantitative estimate of drug-likeness (QED) is 0.302. The molecule has 0 bridgehead atoms. The van der Waals surface area contributed by atoms with Crippen LogP contribution in [-0.4, -0.2) is 18.8 Å². The Bertz CT molecular complexity index is 314. The zero-order valence-electron chi connectivity index (χ0n) is 9.23. The number of nitrogens with one attached hydrogen (secondary N) is 2. The molecule has 2 N–H and O–H groups in total. The molecule has 0 aromatic carbocycles. The lowest BCUT2D eigenvalue weighted by molar-refractivity contribution is -0.419. The predicted octanol–water partition coefficient (Wildman–Crippen LogP) is 0.700. The lowest BCUT2D eigenvalue weighted by atomic mass is 9.99. The maximum absolute atomic E-state index is 10.6. The van der Waals surface area contributed by atoms with E-state index in [4.69, 9.17) is 4.84 Å². The summed E-state index contributed by atoms with van der Waals surface area (Å²) in [6, 6.07) is 0. The molecule has 1 rings (SSSR count). The minimum Gasteiger partial charge on any atom is -0.303 e. The number of nitrogens with zero attached hydrogens (tertiary/aromatic N) is 1. The van der Waals surface area contributed by atoms with E-state index in [0.29, 0.717) is 12.1 Å². The van der Waals surface area contributed by atoms with E-state index in [9.17, 15) is 10.1 Å². The highest BCUT2D eigenvalue weighted by Gasteiger charge is 2.18. The van der Waals surface area contributed by atoms with Gasteiger partial charge >= 0.3 is 0 Å². The second-order valence-corrected chi connectivity index (χ2v) is 3.44. The summed E-state index contributed by atoms with van der Waals surface area (Å²) >= 11 is 0. The van der Waals surface area contributed by atoms with Crippen LogP contribution < -0.4 is 11.0 Å². The number of rotatable bonds is 6. The van der Waals surface area contributed by atoms with Crippen molar-refractivity contribution < 1.29 is 14.6 Å². The second-order valence-electron chi connectivity index (χ2n) is 3.44. The summed E-state index contributed by atoms with van der Waals surface area (Å²) in [4.78, 5) is 19.7. The number of hydroxylamine groups is 2. The molecule has 0 saturated carbocycles. The molecule has 7 heteroatoms. The summed E-state index contributed by atoms with van der Waals surface area (Å²) < 4.78 is 0. The molecule has 90 valence electrons. The molecule has 0 aromatic rings. The van der Waals surface area contributed by atoms with Crippen molar-refractivity contribution in [2.45, 2.75) is 13.3 Å². The van der Waals surface area contributed by atoms with Gasteiger partial charge in [-0.05, 0) is 18.4 Å². The van der Waals surface area contributed by atoms with Gasteiger partial charge in [0, 0.05) is 11.8 Å². The number of hydrogen-bond donors (Lipinski definition) is 2. The van der Waals surface area contributed by atoms with Gasteiger partial charge in [0.05, 0.1) is 12.0 Å². The molecular formula is C9H15N3O4. The molecule has 0 heterocycles. The average Bonchev–Trinajstić information content (AvgIpc) is 2.23. The van der Waals surface area contributed by atoms with Crippen LogP contribution in [0.4, 0.5) is 0 Å². The standard InChI is InChI=1S/C9H15N3O4/c1-7-3-8(11-16-6-10-15-2)5-9(4-7)12(13)14/h4-5,7,10-11H,3,6H2,1-2H3. The van der Waals surface area contributed by atoms with E-state index in [1.54, 1.807) is 6.08 Å². The topological polar surface area (TPSA) is 85.7 Å². The predicted molar refractivity (Wildman–Crippen MR) is 56.2 cm³/mol. The maximum atomic E-state index is 10.6. The van der Waals surface area contributed by atoms with Gasteiger partial charge in [-0.2, -0.15) is 5.48 Å². The lowest BCUT2D eigenvalue weighted by Gasteiger charge is -2.16. The molecule has 0 saturated heterocycles. The summed E-state index contributed by atoms with van der Waals surface area (Å²) in [5.41, 5.74) is 5.89. The van der Waals surface area contributed by atoms with Gasteiger partial charge in [0.1, 0.15) is 6.73 Å². The molecule has 0 aliphatic heterocycles. The number of nitro groups is 1. The molecule has 1 aliphatic carbocycles. The monoisotopic (exact) mass is 229 g/mol. The normalized spacial score (nSPS) is 20.0. The van der Waals surface area contributed by atoms with E-state index in [-0.39, 0.29) is 18.3 Å². The van der Waals surface area contributed by atoms with Crippen molar-refractivity contribution in [2.75, 3.05) is 13.8 Å². The highest BCUT2D eigenvalue weighted by Crippen LogP contribution is 2.20. The first-order valence-electron chi connectivity index (χ1n) is 4.84. The van der Waals surface area contributed by atoms with E-state index < -0.39 is 4.92 Å². The molecule has 0 amide bonds. The SMILES string of the molecule is CONCONC1=CC([N+](=O)[O-])=CC(C)C1. The van der Waals surface area contributed by atoms with Crippen LogP contribution in [0.5, 0.6) is 0 Å². The lowest BCUT2D eigenvalue weighted by Crippen LogP contribution is -2.25. The first-order chi connectivity index (χ1) is 7.63. The molecule has 0 fully saturated rings. The molecule has 0 radical (unpaired) electrons. The Morgan fingerprint density at radius 2 is 2.44 bits per heavy atom. The van der Waals surface area contributed by atoms with Gasteiger partial charge in [-0.15, -0.1) is 0 Å². The van der Waals surface area contributed by atoms with E-state index >= 15 is 0 Å². The van der Waals surface area contributed by atoms with Crippen LogP contribution in [0.1, 0.15) is 13.3 Å². The van der Waals surface area contributed by atoms with Gasteiger partial charge in [0.25, 0.3) is 5.70 Å². The fourth-order valence-electron chi connectivity index (χ4n) is 1.38. The van der Waals surface area contributed by atoms with E-state index in [2.05, 4.69) is 15.8 Å². The van der Waals surface area contributed by atoms with Crippen molar-refractivity contribution in [1.29, 1.82) is 0 Å². The third-order valence-corrected chi connectivity index (χ3v) is 2.01. The first-order valence-corrected chi connectivity index (χ1v) is 4.84. The number of hydrogen-bond acceptors (Lipinski definition) is 6. The van der Waals surface area contributed by atoms with Crippen molar-refractivity contribution in [3.8, 4) is 0 Å². The van der Waals surface area contributed by atoms with Crippen LogP contribution in [0.3, 0.4) is 0 Å². The van der Waals surface area contributed by atoms with Crippen molar-refractivity contribution in [1.82, 2.24) is 11.0 Å². The number of allylic oxidation sites excluding steroid dienone is 3. The summed E-state index contributed by atoms with van der Waals surface area (Å²) in [6.45, 7) is 2.06. The molecule has 1 atom stereocenters. The first kappa shape index (κ1) is 12.6. The Hall–Kier alpha value is -1.44. The largest absolute Gasteiger partial charge is 0.303 e. The van der Waals surface area contributed by atoms with Crippen molar-refractivity contribution in [3.63, 3.8) is 0 Å². The highest BCUT2D eigenvalue weighted by atomic mass is 16.7. The van der Waals surface area contributed by atoms with E-state index in [1.807, 2.05) is 6.92 Å². The minimum absolute atomic E-state index is 0.0875. The fourth-order valence-corrected chi connectivity index (χ4v) is 1.38. The molecule has 1 aliphatic rings. The Labute approximate surface area is 93.2 Å². The summed E-state index contributed by atoms with van der Waals surface area (Å²) in [6.07, 6.45) is 3.77. The van der Waals surface area contributed by atoms with Gasteiger partial charge in [-0.1, -0.05) is 6.92 Å². The van der Waals surface area contributed by atoms with Gasteiger partial charge in [-0.3, -0.25) is 20.4 Å². The smallest absolute Gasteiger partial charge is 0.267 e. The summed E-state index contributed by atoms with van der Waals surface area (Å²) in [5, 5.41) is 10.6. The van der Waals surface area contributed by atoms with Gasteiger partial charge in [0.2, 0.25) is 0 Å². The molecule has 16 heavy (non-hydrogen) atoms. The second kappa shape index (κ2) is 6.21. The minimum atomic E-state index is -0.412. The summed E-state index contributed by atoms with van der Waals surface area (Å²) in [5.74, 6) is 0.117.